The first kappa shape index (κ1) is 12.9. The average Bonchev–Trinajstić information content (AvgIpc) is 3.10. The Labute approximate surface area is 121 Å². The number of aliphatic hydroxyl groups excluding tert-OH is 1. The molecule has 100 valence electrons. The lowest BCUT2D eigenvalue weighted by atomic mass is 10.1. The summed E-state index contributed by atoms with van der Waals surface area (Å²) in [7, 11) is 0. The summed E-state index contributed by atoms with van der Waals surface area (Å²) in [5.41, 5.74) is 3.11. The van der Waals surface area contributed by atoms with Gasteiger partial charge in [-0.3, -0.25) is 4.79 Å². The van der Waals surface area contributed by atoms with E-state index in [2.05, 4.69) is 24.0 Å². The van der Waals surface area contributed by atoms with Gasteiger partial charge in [0.15, 0.2) is 0 Å². The van der Waals surface area contributed by atoms with E-state index in [4.69, 9.17) is 5.11 Å². The van der Waals surface area contributed by atoms with Gasteiger partial charge in [-0.2, -0.15) is 0 Å². The number of carbonyl (C=O) groups is 1. The number of rotatable bonds is 1. The number of carbonyl (C=O) groups excluding carboxylic acids is 1. The van der Waals surface area contributed by atoms with Gasteiger partial charge in [0, 0.05) is 18.5 Å². The maximum Gasteiger partial charge on any atom is 0.255 e. The van der Waals surface area contributed by atoms with Crippen LogP contribution < -0.4 is 0 Å². The standard InChI is InChI=1S/C16H13NO2S/c18-7-3-6-15-8-14(11-20-15)16(19)17-9-12-4-1-2-5-13(12)10-17/h1-2,4-5,8,11,18H,7,9-10H2. The molecule has 1 aliphatic heterocycles. The first-order valence-electron chi connectivity index (χ1n) is 6.32. The topological polar surface area (TPSA) is 40.5 Å². The fourth-order valence-corrected chi connectivity index (χ4v) is 3.05. The van der Waals surface area contributed by atoms with Crippen molar-refractivity contribution in [2.75, 3.05) is 6.61 Å². The highest BCUT2D eigenvalue weighted by Crippen LogP contribution is 2.25. The first-order chi connectivity index (χ1) is 9.78. The number of fused-ring (bicyclic) bond motifs is 1. The SMILES string of the molecule is O=C(c1csc(C#CCO)c1)N1Cc2ccccc2C1. The molecule has 1 amide bonds. The Balaban J connectivity index is 1.76. The third kappa shape index (κ3) is 2.46. The maximum absolute atomic E-state index is 12.4. The Hall–Kier alpha value is -2.09. The highest BCUT2D eigenvalue weighted by molar-refractivity contribution is 7.10. The minimum atomic E-state index is -0.164. The van der Waals surface area contributed by atoms with Crippen molar-refractivity contribution in [1.29, 1.82) is 0 Å². The molecule has 4 heteroatoms. The molecule has 3 nitrogen and oxygen atoms in total. The quantitative estimate of drug-likeness (QED) is 0.816. The van der Waals surface area contributed by atoms with E-state index in [1.165, 1.54) is 22.5 Å². The zero-order valence-corrected chi connectivity index (χ0v) is 11.6. The number of hydrogen-bond donors (Lipinski definition) is 1. The van der Waals surface area contributed by atoms with Crippen molar-refractivity contribution in [3.8, 4) is 11.8 Å². The molecule has 0 fully saturated rings. The highest BCUT2D eigenvalue weighted by Gasteiger charge is 2.24. The fourth-order valence-electron chi connectivity index (χ4n) is 2.30. The summed E-state index contributed by atoms with van der Waals surface area (Å²) in [4.78, 5) is 15.1. The van der Waals surface area contributed by atoms with Gasteiger partial charge in [-0.05, 0) is 17.2 Å². The zero-order chi connectivity index (χ0) is 13.9. The Morgan fingerprint density at radius 2 is 2.00 bits per heavy atom. The van der Waals surface area contributed by atoms with Crippen LogP contribution in [0.1, 0.15) is 26.4 Å². The van der Waals surface area contributed by atoms with E-state index in [0.717, 1.165) is 4.88 Å². The molecule has 20 heavy (non-hydrogen) atoms. The van der Waals surface area contributed by atoms with Crippen LogP contribution in [0, 0.1) is 11.8 Å². The van der Waals surface area contributed by atoms with Gasteiger partial charge in [0.25, 0.3) is 5.91 Å². The third-order valence-corrected chi connectivity index (χ3v) is 4.11. The third-order valence-electron chi connectivity index (χ3n) is 3.27. The number of nitrogens with zero attached hydrogens (tertiary/aromatic N) is 1. The Bertz CT molecular complexity index is 684. The Kier molecular flexibility index (Phi) is 3.55. The van der Waals surface area contributed by atoms with E-state index in [9.17, 15) is 4.79 Å². The van der Waals surface area contributed by atoms with Crippen LogP contribution in [-0.2, 0) is 13.1 Å². The van der Waals surface area contributed by atoms with E-state index < -0.39 is 0 Å². The molecular formula is C16H13NO2S. The Morgan fingerprint density at radius 1 is 1.30 bits per heavy atom. The average molecular weight is 283 g/mol. The summed E-state index contributed by atoms with van der Waals surface area (Å²) in [6.07, 6.45) is 0. The lowest BCUT2D eigenvalue weighted by Gasteiger charge is -2.14. The van der Waals surface area contributed by atoms with Crippen LogP contribution >= 0.6 is 11.3 Å². The van der Waals surface area contributed by atoms with Gasteiger partial charge in [0.2, 0.25) is 0 Å². The molecule has 3 rings (SSSR count). The predicted octanol–water partition coefficient (Wildman–Crippen LogP) is 2.25. The molecule has 0 radical (unpaired) electrons. The fraction of sp³-hybridized carbons (Fsp3) is 0.188. The van der Waals surface area contributed by atoms with Gasteiger partial charge in [-0.25, -0.2) is 0 Å². The van der Waals surface area contributed by atoms with Crippen molar-refractivity contribution in [3.05, 3.63) is 57.3 Å². The number of benzene rings is 1. The summed E-state index contributed by atoms with van der Waals surface area (Å²) < 4.78 is 0. The molecule has 0 atom stereocenters. The first-order valence-corrected chi connectivity index (χ1v) is 7.20. The van der Waals surface area contributed by atoms with Gasteiger partial charge >= 0.3 is 0 Å². The van der Waals surface area contributed by atoms with Crippen LogP contribution in [0.25, 0.3) is 0 Å². The van der Waals surface area contributed by atoms with Crippen LogP contribution in [0.4, 0.5) is 0 Å². The molecule has 2 aromatic rings. The number of aliphatic hydroxyl groups is 1. The lowest BCUT2D eigenvalue weighted by Crippen LogP contribution is -2.24. The normalized spacial score (nSPS) is 12.8. The molecule has 1 aliphatic rings. The van der Waals surface area contributed by atoms with Crippen LogP contribution in [-0.4, -0.2) is 22.5 Å². The predicted molar refractivity (Wildman–Crippen MR) is 78.3 cm³/mol. The summed E-state index contributed by atoms with van der Waals surface area (Å²) in [5.74, 6) is 5.45. The highest BCUT2D eigenvalue weighted by atomic mass is 32.1. The minimum absolute atomic E-state index is 0.0366. The molecule has 0 aliphatic carbocycles. The molecule has 1 N–H and O–H groups in total. The van der Waals surface area contributed by atoms with Crippen molar-refractivity contribution in [2.45, 2.75) is 13.1 Å². The molecule has 1 aromatic heterocycles. The molecule has 0 spiro atoms. The summed E-state index contributed by atoms with van der Waals surface area (Å²) >= 11 is 1.43. The van der Waals surface area contributed by atoms with Crippen molar-refractivity contribution >= 4 is 17.2 Å². The van der Waals surface area contributed by atoms with Crippen LogP contribution in [0.3, 0.4) is 0 Å². The molecule has 0 unspecified atom stereocenters. The van der Waals surface area contributed by atoms with Gasteiger partial charge in [-0.15, -0.1) is 11.3 Å². The van der Waals surface area contributed by atoms with Gasteiger partial charge in [0.1, 0.15) is 6.61 Å². The summed E-state index contributed by atoms with van der Waals surface area (Å²) in [5, 5.41) is 10.5. The van der Waals surface area contributed by atoms with Crippen LogP contribution in [0.2, 0.25) is 0 Å². The van der Waals surface area contributed by atoms with Crippen LogP contribution in [0.15, 0.2) is 35.7 Å². The molecular weight excluding hydrogens is 270 g/mol. The van der Waals surface area contributed by atoms with E-state index in [1.54, 1.807) is 6.07 Å². The molecule has 1 aromatic carbocycles. The van der Waals surface area contributed by atoms with E-state index in [0.29, 0.717) is 18.7 Å². The molecule has 0 saturated carbocycles. The van der Waals surface area contributed by atoms with Gasteiger partial charge in [-0.1, -0.05) is 36.1 Å². The van der Waals surface area contributed by atoms with Crippen molar-refractivity contribution in [1.82, 2.24) is 4.90 Å². The van der Waals surface area contributed by atoms with Crippen molar-refractivity contribution in [2.24, 2.45) is 0 Å². The summed E-state index contributed by atoms with van der Waals surface area (Å²) in [6.45, 7) is 1.17. The van der Waals surface area contributed by atoms with E-state index in [-0.39, 0.29) is 12.5 Å². The molecule has 2 heterocycles. The van der Waals surface area contributed by atoms with Gasteiger partial charge in [0.05, 0.1) is 10.4 Å². The zero-order valence-electron chi connectivity index (χ0n) is 10.8. The van der Waals surface area contributed by atoms with Crippen molar-refractivity contribution in [3.63, 3.8) is 0 Å². The number of thiophene rings is 1. The second-order valence-electron chi connectivity index (χ2n) is 4.59. The number of hydrogen-bond acceptors (Lipinski definition) is 3. The lowest BCUT2D eigenvalue weighted by molar-refractivity contribution is 0.0752. The number of amides is 1. The van der Waals surface area contributed by atoms with Crippen molar-refractivity contribution < 1.29 is 9.90 Å². The Morgan fingerprint density at radius 3 is 2.65 bits per heavy atom. The molecule has 0 saturated heterocycles. The minimum Gasteiger partial charge on any atom is -0.384 e. The smallest absolute Gasteiger partial charge is 0.255 e. The second-order valence-corrected chi connectivity index (χ2v) is 5.50. The van der Waals surface area contributed by atoms with Crippen LogP contribution in [0.5, 0.6) is 0 Å². The largest absolute Gasteiger partial charge is 0.384 e. The molecule has 0 bridgehead atoms. The van der Waals surface area contributed by atoms with E-state index >= 15 is 0 Å². The van der Waals surface area contributed by atoms with E-state index in [1.807, 2.05) is 22.4 Å². The monoisotopic (exact) mass is 283 g/mol. The second kappa shape index (κ2) is 5.49. The maximum atomic E-state index is 12.4. The van der Waals surface area contributed by atoms with Gasteiger partial charge < -0.3 is 10.0 Å². The summed E-state index contributed by atoms with van der Waals surface area (Å²) in [6, 6.07) is 9.92.